The van der Waals surface area contributed by atoms with Crippen molar-refractivity contribution >= 4 is 15.9 Å². The number of hydrogen-bond acceptors (Lipinski definition) is 3. The molecule has 0 aliphatic carbocycles. The van der Waals surface area contributed by atoms with Crippen molar-refractivity contribution in [3.8, 4) is 0 Å². The molecule has 1 heterocycles. The Bertz CT molecular complexity index is 59.2. The third-order valence-electron chi connectivity index (χ3n) is 0.949. The first-order chi connectivity index (χ1) is 3.30. The zero-order valence-electron chi connectivity index (χ0n) is 4.03. The number of halogens is 1. The molecule has 1 aliphatic heterocycles. The lowest BCUT2D eigenvalue weighted by Gasteiger charge is -2.01. The third kappa shape index (κ3) is 1.13. The smallest absolute Gasteiger partial charge is 0.0940 e. The first-order valence-electron chi connectivity index (χ1n) is 2.21. The van der Waals surface area contributed by atoms with Crippen LogP contribution in [0.15, 0.2) is 0 Å². The quantitative estimate of drug-likeness (QED) is 0.341. The minimum absolute atomic E-state index is 0.354. The Morgan fingerprint density at radius 2 is 2.14 bits per heavy atom. The van der Waals surface area contributed by atoms with Crippen molar-refractivity contribution in [2.75, 3.05) is 0 Å². The molecule has 0 aromatic heterocycles. The largest absolute Gasteiger partial charge is 0.239 e. The molecule has 0 radical (unpaired) electrons. The van der Waals surface area contributed by atoms with Crippen molar-refractivity contribution in [1.82, 2.24) is 16.4 Å². The standard InChI is InChI=1S/C3H8BrN3/c1-2-3(4)6-7-5-2/h2-3,5-7H,1H3. The van der Waals surface area contributed by atoms with Gasteiger partial charge in [0.15, 0.2) is 0 Å². The lowest BCUT2D eigenvalue weighted by atomic mass is 10.4. The highest BCUT2D eigenvalue weighted by atomic mass is 79.9. The van der Waals surface area contributed by atoms with E-state index >= 15 is 0 Å². The predicted octanol–water partition coefficient (Wildman–Crippen LogP) is -0.292. The van der Waals surface area contributed by atoms with E-state index in [1.165, 1.54) is 0 Å². The molecule has 0 amide bonds. The first-order valence-corrected chi connectivity index (χ1v) is 3.12. The molecule has 1 saturated heterocycles. The molecule has 1 aliphatic rings. The molecule has 1 fully saturated rings. The summed E-state index contributed by atoms with van der Waals surface area (Å²) in [5.74, 6) is 0. The lowest BCUT2D eigenvalue weighted by Crippen LogP contribution is -2.32. The van der Waals surface area contributed by atoms with Gasteiger partial charge in [0.05, 0.1) is 4.95 Å². The fourth-order valence-electron chi connectivity index (χ4n) is 0.423. The van der Waals surface area contributed by atoms with Gasteiger partial charge in [-0.05, 0) is 6.92 Å². The van der Waals surface area contributed by atoms with Crippen LogP contribution in [0, 0.1) is 0 Å². The van der Waals surface area contributed by atoms with Gasteiger partial charge in [0.25, 0.3) is 0 Å². The van der Waals surface area contributed by atoms with E-state index in [2.05, 4.69) is 39.2 Å². The van der Waals surface area contributed by atoms with E-state index < -0.39 is 0 Å². The van der Waals surface area contributed by atoms with Crippen molar-refractivity contribution < 1.29 is 0 Å². The molecule has 1 rings (SSSR count). The van der Waals surface area contributed by atoms with Crippen LogP contribution in [0.1, 0.15) is 6.92 Å². The number of alkyl halides is 1. The number of rotatable bonds is 0. The predicted molar refractivity (Wildman–Crippen MR) is 31.6 cm³/mol. The molecule has 0 saturated carbocycles. The van der Waals surface area contributed by atoms with Crippen LogP contribution in [-0.4, -0.2) is 11.0 Å². The number of hydrazine groups is 2. The fraction of sp³-hybridized carbons (Fsp3) is 1.00. The van der Waals surface area contributed by atoms with E-state index in [0.29, 0.717) is 11.0 Å². The molecule has 3 nitrogen and oxygen atoms in total. The summed E-state index contributed by atoms with van der Waals surface area (Å²) in [6.07, 6.45) is 0. The molecule has 0 spiro atoms. The highest BCUT2D eigenvalue weighted by Crippen LogP contribution is 2.01. The molecule has 2 atom stereocenters. The molecule has 0 bridgehead atoms. The topological polar surface area (TPSA) is 36.1 Å². The minimum atomic E-state index is 0.354. The Balaban J connectivity index is 2.33. The maximum atomic E-state index is 3.37. The molecule has 0 aromatic rings. The maximum Gasteiger partial charge on any atom is 0.0940 e. The van der Waals surface area contributed by atoms with Crippen LogP contribution in [0.3, 0.4) is 0 Å². The molecular formula is C3H8BrN3. The Kier molecular flexibility index (Phi) is 1.64. The van der Waals surface area contributed by atoms with E-state index in [1.54, 1.807) is 0 Å². The van der Waals surface area contributed by atoms with Gasteiger partial charge in [0.2, 0.25) is 0 Å². The second-order valence-corrected chi connectivity index (χ2v) is 2.59. The van der Waals surface area contributed by atoms with Crippen LogP contribution in [0.4, 0.5) is 0 Å². The van der Waals surface area contributed by atoms with Crippen molar-refractivity contribution in [2.24, 2.45) is 0 Å². The lowest BCUT2D eigenvalue weighted by molar-refractivity contribution is 0.561. The van der Waals surface area contributed by atoms with Gasteiger partial charge in [-0.15, -0.1) is 0 Å². The second kappa shape index (κ2) is 2.09. The maximum absolute atomic E-state index is 3.37. The molecule has 7 heavy (non-hydrogen) atoms. The zero-order valence-corrected chi connectivity index (χ0v) is 5.62. The molecule has 3 N–H and O–H groups in total. The van der Waals surface area contributed by atoms with Gasteiger partial charge in [0, 0.05) is 6.04 Å². The van der Waals surface area contributed by atoms with Gasteiger partial charge < -0.3 is 0 Å². The van der Waals surface area contributed by atoms with Gasteiger partial charge in [-0.25, -0.2) is 10.9 Å². The van der Waals surface area contributed by atoms with E-state index in [4.69, 9.17) is 0 Å². The molecular weight excluding hydrogens is 158 g/mol. The SMILES string of the molecule is CC1NNNC1Br. The molecule has 0 aromatic carbocycles. The average Bonchev–Trinajstić information content (AvgIpc) is 1.91. The van der Waals surface area contributed by atoms with Crippen molar-refractivity contribution in [1.29, 1.82) is 0 Å². The highest BCUT2D eigenvalue weighted by Gasteiger charge is 2.17. The van der Waals surface area contributed by atoms with Gasteiger partial charge in [0.1, 0.15) is 0 Å². The Morgan fingerprint density at radius 3 is 2.29 bits per heavy atom. The van der Waals surface area contributed by atoms with Gasteiger partial charge in [-0.2, -0.15) is 5.53 Å². The van der Waals surface area contributed by atoms with Crippen LogP contribution >= 0.6 is 15.9 Å². The Morgan fingerprint density at radius 1 is 1.43 bits per heavy atom. The molecule has 42 valence electrons. The van der Waals surface area contributed by atoms with Crippen LogP contribution in [0.2, 0.25) is 0 Å². The van der Waals surface area contributed by atoms with Crippen LogP contribution in [0.25, 0.3) is 0 Å². The molecule has 2 unspecified atom stereocenters. The fourth-order valence-corrected chi connectivity index (χ4v) is 0.669. The van der Waals surface area contributed by atoms with E-state index in [0.717, 1.165) is 0 Å². The van der Waals surface area contributed by atoms with Gasteiger partial charge >= 0.3 is 0 Å². The summed E-state index contributed by atoms with van der Waals surface area (Å²) in [5.41, 5.74) is 8.66. The summed E-state index contributed by atoms with van der Waals surface area (Å²) >= 11 is 3.37. The van der Waals surface area contributed by atoms with Crippen LogP contribution in [-0.2, 0) is 0 Å². The van der Waals surface area contributed by atoms with Crippen LogP contribution in [0.5, 0.6) is 0 Å². The van der Waals surface area contributed by atoms with Crippen molar-refractivity contribution in [3.63, 3.8) is 0 Å². The summed E-state index contributed by atoms with van der Waals surface area (Å²) in [4.78, 5) is 0.354. The van der Waals surface area contributed by atoms with Crippen molar-refractivity contribution in [3.05, 3.63) is 0 Å². The van der Waals surface area contributed by atoms with Gasteiger partial charge in [-0.1, -0.05) is 15.9 Å². The monoisotopic (exact) mass is 165 g/mol. The van der Waals surface area contributed by atoms with E-state index in [9.17, 15) is 0 Å². The minimum Gasteiger partial charge on any atom is -0.239 e. The summed E-state index contributed by atoms with van der Waals surface area (Å²) in [7, 11) is 0. The zero-order chi connectivity index (χ0) is 5.28. The highest BCUT2D eigenvalue weighted by molar-refractivity contribution is 9.09. The van der Waals surface area contributed by atoms with E-state index in [-0.39, 0.29) is 0 Å². The Hall–Kier alpha value is 0.360. The summed E-state index contributed by atoms with van der Waals surface area (Å²) < 4.78 is 0. The first kappa shape index (κ1) is 5.50. The van der Waals surface area contributed by atoms with Crippen LogP contribution < -0.4 is 16.4 Å². The summed E-state index contributed by atoms with van der Waals surface area (Å²) in [6, 6.07) is 0.458. The Labute approximate surface area is 50.9 Å². The number of hydrogen-bond donors (Lipinski definition) is 3. The van der Waals surface area contributed by atoms with E-state index in [1.807, 2.05) is 0 Å². The number of nitrogens with one attached hydrogen (secondary N) is 3. The summed E-state index contributed by atoms with van der Waals surface area (Å²) in [5, 5.41) is 0. The third-order valence-corrected chi connectivity index (χ3v) is 1.97. The van der Waals surface area contributed by atoms with Gasteiger partial charge in [-0.3, -0.25) is 0 Å². The normalized spacial score (nSPS) is 42.0. The average molecular weight is 166 g/mol. The summed E-state index contributed by atoms with van der Waals surface area (Å²) in [6.45, 7) is 2.08. The second-order valence-electron chi connectivity index (χ2n) is 1.60. The van der Waals surface area contributed by atoms with Crippen molar-refractivity contribution in [2.45, 2.75) is 17.9 Å². The molecule has 4 heteroatoms.